The SMILES string of the molecule is Cc1ccc(S(=O)(=O)n2ccc3c2ncc2ncc([C@H]4CN(C(=O)OCc5ccccc5)C[C@H]4C)n23)cc1.Cc1ccc(S(=O)(=O)n2ccc3c2ncc2ncc([C@H]4CNC[C@H]4C)n23)cc1. The Morgan fingerprint density at radius 1 is 0.621 bits per heavy atom. The molecule has 2 fully saturated rings. The number of hydrogen-bond acceptors (Lipinski definition) is 11. The molecule has 0 radical (unpaired) electrons. The number of carbonyl (C=O) groups is 1. The number of likely N-dealkylation sites (tertiary alicyclic amines) is 1. The summed E-state index contributed by atoms with van der Waals surface area (Å²) >= 11 is 0. The largest absolute Gasteiger partial charge is 0.445 e. The normalized spacial score (nSPS) is 18.9. The zero-order valence-corrected chi connectivity index (χ0v) is 38.4. The van der Waals surface area contributed by atoms with Gasteiger partial charge in [-0.3, -0.25) is 8.80 Å². The molecule has 2 aliphatic heterocycles. The summed E-state index contributed by atoms with van der Waals surface area (Å²) in [6.45, 7) is 11.3. The first kappa shape index (κ1) is 43.0. The van der Waals surface area contributed by atoms with E-state index in [-0.39, 0.29) is 34.3 Å². The number of aryl methyl sites for hydroxylation is 2. The minimum Gasteiger partial charge on any atom is -0.445 e. The second-order valence-corrected chi connectivity index (χ2v) is 20.9. The number of carbonyl (C=O) groups excluding carboxylic acids is 1. The molecule has 0 saturated carbocycles. The number of hydrogen-bond donors (Lipinski definition) is 1. The van der Waals surface area contributed by atoms with Crippen LogP contribution < -0.4 is 5.32 Å². The molecule has 18 heteroatoms. The van der Waals surface area contributed by atoms with Gasteiger partial charge in [0.2, 0.25) is 0 Å². The zero-order valence-electron chi connectivity index (χ0n) is 36.8. The lowest BCUT2D eigenvalue weighted by molar-refractivity contribution is 0.103. The summed E-state index contributed by atoms with van der Waals surface area (Å²) in [6, 6.07) is 26.7. The van der Waals surface area contributed by atoms with E-state index in [4.69, 9.17) is 4.74 Å². The molecule has 0 unspecified atom stereocenters. The van der Waals surface area contributed by atoms with Crippen molar-refractivity contribution >= 4 is 59.8 Å². The van der Waals surface area contributed by atoms with Gasteiger partial charge in [0.15, 0.2) is 22.6 Å². The highest BCUT2D eigenvalue weighted by atomic mass is 32.2. The Balaban J connectivity index is 0.000000162. The fraction of sp³-hybridized carbons (Fsp3) is 0.271. The van der Waals surface area contributed by atoms with Crippen LogP contribution in [0.3, 0.4) is 0 Å². The number of imidazole rings is 2. The molecule has 3 aromatic carbocycles. The first-order valence-corrected chi connectivity index (χ1v) is 24.7. The molecule has 338 valence electrons. The van der Waals surface area contributed by atoms with Gasteiger partial charge in [0, 0.05) is 67.6 Å². The van der Waals surface area contributed by atoms with Crippen molar-refractivity contribution in [2.75, 3.05) is 26.2 Å². The molecular formula is C48H48N10O6S2. The van der Waals surface area contributed by atoms with Gasteiger partial charge in [-0.1, -0.05) is 79.6 Å². The van der Waals surface area contributed by atoms with Crippen LogP contribution in [-0.2, 0) is 31.4 Å². The minimum atomic E-state index is -3.83. The molecule has 4 atom stereocenters. The molecule has 0 spiro atoms. The Morgan fingerprint density at radius 3 is 1.64 bits per heavy atom. The fourth-order valence-corrected chi connectivity index (χ4v) is 11.8. The maximum atomic E-state index is 13.4. The number of benzene rings is 3. The molecule has 16 nitrogen and oxygen atoms in total. The molecular weight excluding hydrogens is 877 g/mol. The van der Waals surface area contributed by atoms with Gasteiger partial charge in [-0.15, -0.1) is 0 Å². The van der Waals surface area contributed by atoms with E-state index in [1.807, 2.05) is 59.2 Å². The number of nitrogens with zero attached hydrogens (tertiary/aromatic N) is 9. The smallest absolute Gasteiger partial charge is 0.410 e. The molecule has 0 bridgehead atoms. The van der Waals surface area contributed by atoms with E-state index >= 15 is 0 Å². The van der Waals surface area contributed by atoms with Crippen LogP contribution >= 0.6 is 0 Å². The van der Waals surface area contributed by atoms with Crippen LogP contribution in [0.4, 0.5) is 4.79 Å². The molecule has 1 amide bonds. The molecule has 1 N–H and O–H groups in total. The van der Waals surface area contributed by atoms with Crippen molar-refractivity contribution in [3.63, 3.8) is 0 Å². The summed E-state index contributed by atoms with van der Waals surface area (Å²) in [6.07, 6.45) is 9.66. The van der Waals surface area contributed by atoms with Crippen molar-refractivity contribution < 1.29 is 26.4 Å². The Bertz CT molecular complexity index is 3490. The van der Waals surface area contributed by atoms with Gasteiger partial charge in [0.25, 0.3) is 20.0 Å². The zero-order chi connectivity index (χ0) is 45.9. The molecule has 2 aliphatic rings. The fourth-order valence-electron chi connectivity index (χ4n) is 9.17. The van der Waals surface area contributed by atoms with E-state index in [0.717, 1.165) is 52.3 Å². The number of fused-ring (bicyclic) bond motifs is 6. The van der Waals surface area contributed by atoms with Crippen LogP contribution in [0.15, 0.2) is 138 Å². The minimum absolute atomic E-state index is 0.00284. The van der Waals surface area contributed by atoms with E-state index in [0.29, 0.717) is 47.4 Å². The lowest BCUT2D eigenvalue weighted by atomic mass is 9.95. The Hall–Kier alpha value is -6.89. The first-order valence-electron chi connectivity index (χ1n) is 21.8. The van der Waals surface area contributed by atoms with Crippen molar-refractivity contribution in [2.24, 2.45) is 11.8 Å². The number of aromatic nitrogens is 8. The van der Waals surface area contributed by atoms with Gasteiger partial charge in [0.05, 0.1) is 33.2 Å². The van der Waals surface area contributed by atoms with Gasteiger partial charge in [-0.05, 0) is 74.2 Å². The maximum absolute atomic E-state index is 13.4. The summed E-state index contributed by atoms with van der Waals surface area (Å²) in [5, 5.41) is 3.42. The lowest BCUT2D eigenvalue weighted by Crippen LogP contribution is -2.29. The van der Waals surface area contributed by atoms with Crippen molar-refractivity contribution in [1.82, 2.24) is 46.9 Å². The molecule has 6 aromatic heterocycles. The van der Waals surface area contributed by atoms with Crippen molar-refractivity contribution in [3.05, 3.63) is 156 Å². The third-order valence-electron chi connectivity index (χ3n) is 12.8. The highest BCUT2D eigenvalue weighted by molar-refractivity contribution is 7.90. The van der Waals surface area contributed by atoms with Crippen LogP contribution in [0.25, 0.3) is 33.6 Å². The van der Waals surface area contributed by atoms with Gasteiger partial charge in [-0.2, -0.15) is 0 Å². The summed E-state index contributed by atoms with van der Waals surface area (Å²) < 4.78 is 65.2. The maximum Gasteiger partial charge on any atom is 0.410 e. The molecule has 66 heavy (non-hydrogen) atoms. The summed E-state index contributed by atoms with van der Waals surface area (Å²) in [5.41, 5.74) is 8.39. The summed E-state index contributed by atoms with van der Waals surface area (Å²) in [5.74, 6) is 0.969. The molecule has 2 saturated heterocycles. The Labute approximate surface area is 381 Å². The number of ether oxygens (including phenoxy) is 1. The van der Waals surface area contributed by atoms with Crippen molar-refractivity contribution in [1.29, 1.82) is 0 Å². The first-order chi connectivity index (χ1) is 31.8. The average Bonchev–Trinajstić information content (AvgIpc) is 4.18. The number of nitrogens with one attached hydrogen (secondary N) is 1. The van der Waals surface area contributed by atoms with Crippen LogP contribution in [0, 0.1) is 25.7 Å². The van der Waals surface area contributed by atoms with E-state index < -0.39 is 20.0 Å². The van der Waals surface area contributed by atoms with E-state index in [9.17, 15) is 21.6 Å². The standard InChI is InChI=1S/C28H27N5O4S.C20H21N5O2S/c1-19-8-10-22(11-9-19)38(35,36)32-13-12-24-27(32)30-15-26-29-14-25(33(24)26)23-17-31(16-20(23)2)28(34)37-18-21-6-4-3-5-7-21;1-13-3-5-15(6-4-13)28(26,27)24-8-7-17-20(24)23-12-19-22-11-18(25(17)19)16-10-21-9-14(16)2/h3-15,20,23H,16-18H2,1-2H3;3-8,11-12,14,16,21H,9-10H2,1-2H3/t20-,23+;14-,16+/m11/s1. The summed E-state index contributed by atoms with van der Waals surface area (Å²) in [7, 11) is -7.56. The molecule has 8 heterocycles. The number of rotatable bonds is 8. The molecule has 9 aromatic rings. The Kier molecular flexibility index (Phi) is 11.0. The van der Waals surface area contributed by atoms with Crippen LogP contribution in [0.2, 0.25) is 0 Å². The topological polar surface area (TPSA) is 180 Å². The van der Waals surface area contributed by atoms with Crippen LogP contribution in [0.1, 0.15) is 53.8 Å². The predicted octanol–water partition coefficient (Wildman–Crippen LogP) is 7.15. The highest BCUT2D eigenvalue weighted by Gasteiger charge is 2.37. The van der Waals surface area contributed by atoms with Crippen LogP contribution in [-0.4, -0.2) is 90.7 Å². The van der Waals surface area contributed by atoms with Crippen molar-refractivity contribution in [2.45, 2.75) is 55.9 Å². The van der Waals surface area contributed by atoms with E-state index in [2.05, 4.69) is 39.1 Å². The van der Waals surface area contributed by atoms with Crippen LogP contribution in [0.5, 0.6) is 0 Å². The third kappa shape index (κ3) is 7.57. The second-order valence-electron chi connectivity index (χ2n) is 17.3. The van der Waals surface area contributed by atoms with Crippen molar-refractivity contribution in [3.8, 4) is 0 Å². The quantitative estimate of drug-likeness (QED) is 0.164. The van der Waals surface area contributed by atoms with Gasteiger partial charge in [0.1, 0.15) is 6.61 Å². The van der Waals surface area contributed by atoms with E-state index in [1.54, 1.807) is 90.4 Å². The highest BCUT2D eigenvalue weighted by Crippen LogP contribution is 2.35. The van der Waals surface area contributed by atoms with Gasteiger partial charge < -0.3 is 15.0 Å². The average molecular weight is 925 g/mol. The van der Waals surface area contributed by atoms with E-state index in [1.165, 1.54) is 14.1 Å². The Morgan fingerprint density at radius 2 is 1.14 bits per heavy atom. The van der Waals surface area contributed by atoms with Gasteiger partial charge >= 0.3 is 6.09 Å². The molecule has 11 rings (SSSR count). The second kappa shape index (κ2) is 16.8. The summed E-state index contributed by atoms with van der Waals surface area (Å²) in [4.78, 5) is 32.9. The lowest BCUT2D eigenvalue weighted by Gasteiger charge is -2.16. The molecule has 0 aliphatic carbocycles. The monoisotopic (exact) mass is 924 g/mol. The predicted molar refractivity (Wildman–Crippen MR) is 249 cm³/mol. The number of amides is 1. The van der Waals surface area contributed by atoms with Gasteiger partial charge in [-0.25, -0.2) is 49.5 Å². The third-order valence-corrected chi connectivity index (χ3v) is 16.2.